The number of rotatable bonds is 6. The average Bonchev–Trinajstić information content (AvgIpc) is 3.26. The SMILES string of the molecule is COc1cc(C2Cc3cc(-c4ccc(Cl)cc4)sc3C2=O)ccc1OCC(C)(C)O. The molecule has 1 aliphatic carbocycles. The van der Waals surface area contributed by atoms with Crippen LogP contribution < -0.4 is 9.47 Å². The van der Waals surface area contributed by atoms with E-state index < -0.39 is 5.60 Å². The van der Waals surface area contributed by atoms with Crippen molar-refractivity contribution >= 4 is 28.7 Å². The Hall–Kier alpha value is -2.34. The van der Waals surface area contributed by atoms with Crippen LogP contribution in [0.5, 0.6) is 11.5 Å². The molecule has 1 atom stereocenters. The second-order valence-electron chi connectivity index (χ2n) is 8.10. The van der Waals surface area contributed by atoms with E-state index in [2.05, 4.69) is 6.07 Å². The Morgan fingerprint density at radius 2 is 1.87 bits per heavy atom. The van der Waals surface area contributed by atoms with Crippen LogP contribution in [0.1, 0.15) is 40.6 Å². The number of ether oxygens (including phenoxy) is 2. The fourth-order valence-electron chi connectivity index (χ4n) is 3.56. The molecular formula is C24H23ClO4S. The minimum absolute atomic E-state index is 0.141. The maximum absolute atomic E-state index is 13.1. The van der Waals surface area contributed by atoms with Crippen molar-refractivity contribution in [2.45, 2.75) is 31.8 Å². The van der Waals surface area contributed by atoms with Crippen molar-refractivity contribution in [3.05, 3.63) is 69.6 Å². The van der Waals surface area contributed by atoms with Crippen LogP contribution in [0.25, 0.3) is 10.4 Å². The van der Waals surface area contributed by atoms with E-state index in [0.29, 0.717) is 22.9 Å². The van der Waals surface area contributed by atoms with E-state index in [1.807, 2.05) is 36.4 Å². The van der Waals surface area contributed by atoms with E-state index in [-0.39, 0.29) is 18.3 Å². The zero-order valence-electron chi connectivity index (χ0n) is 17.1. The molecule has 2 aromatic carbocycles. The van der Waals surface area contributed by atoms with E-state index in [1.54, 1.807) is 27.0 Å². The molecular weight excluding hydrogens is 420 g/mol. The van der Waals surface area contributed by atoms with E-state index >= 15 is 0 Å². The first-order valence-corrected chi connectivity index (χ1v) is 10.9. The number of thiophene rings is 1. The van der Waals surface area contributed by atoms with Crippen molar-refractivity contribution < 1.29 is 19.4 Å². The smallest absolute Gasteiger partial charge is 0.180 e. The summed E-state index contributed by atoms with van der Waals surface area (Å²) in [4.78, 5) is 15.0. The molecule has 1 aromatic heterocycles. The fourth-order valence-corrected chi connectivity index (χ4v) is 4.88. The number of halogens is 1. The molecule has 1 unspecified atom stereocenters. The zero-order chi connectivity index (χ0) is 21.5. The number of carbonyl (C=O) groups is 1. The van der Waals surface area contributed by atoms with Crippen LogP contribution >= 0.6 is 22.9 Å². The van der Waals surface area contributed by atoms with Gasteiger partial charge in [-0.25, -0.2) is 0 Å². The summed E-state index contributed by atoms with van der Waals surface area (Å²) in [5, 5.41) is 10.6. The molecule has 0 amide bonds. The van der Waals surface area contributed by atoms with Crippen LogP contribution in [0.3, 0.4) is 0 Å². The van der Waals surface area contributed by atoms with Gasteiger partial charge in [-0.2, -0.15) is 0 Å². The van der Waals surface area contributed by atoms with Crippen molar-refractivity contribution in [1.82, 2.24) is 0 Å². The molecule has 0 aliphatic heterocycles. The third kappa shape index (κ3) is 4.24. The fraction of sp³-hybridized carbons (Fsp3) is 0.292. The van der Waals surface area contributed by atoms with Gasteiger partial charge in [0.15, 0.2) is 17.3 Å². The predicted octanol–water partition coefficient (Wildman–Crippen LogP) is 5.75. The lowest BCUT2D eigenvalue weighted by Crippen LogP contribution is -2.28. The Labute approximate surface area is 185 Å². The number of benzene rings is 2. The quantitative estimate of drug-likeness (QED) is 0.528. The Bertz CT molecular complexity index is 1080. The maximum atomic E-state index is 13.1. The first kappa shape index (κ1) is 20.9. The summed E-state index contributed by atoms with van der Waals surface area (Å²) >= 11 is 7.51. The van der Waals surface area contributed by atoms with Crippen LogP contribution in [0, 0.1) is 0 Å². The summed E-state index contributed by atoms with van der Waals surface area (Å²) < 4.78 is 11.2. The van der Waals surface area contributed by atoms with Crippen LogP contribution in [0.2, 0.25) is 5.02 Å². The molecule has 0 bridgehead atoms. The number of hydrogen-bond acceptors (Lipinski definition) is 5. The summed E-state index contributed by atoms with van der Waals surface area (Å²) in [5.74, 6) is 1.03. The van der Waals surface area contributed by atoms with Gasteiger partial charge in [-0.05, 0) is 67.3 Å². The molecule has 6 heteroatoms. The van der Waals surface area contributed by atoms with Crippen LogP contribution in [0.15, 0.2) is 48.5 Å². The van der Waals surface area contributed by atoms with Crippen LogP contribution in [-0.2, 0) is 6.42 Å². The molecule has 1 heterocycles. The predicted molar refractivity (Wildman–Crippen MR) is 120 cm³/mol. The number of hydrogen-bond donors (Lipinski definition) is 1. The third-order valence-electron chi connectivity index (χ3n) is 5.07. The molecule has 0 spiro atoms. The van der Waals surface area contributed by atoms with E-state index in [4.69, 9.17) is 21.1 Å². The van der Waals surface area contributed by atoms with Gasteiger partial charge in [0.25, 0.3) is 0 Å². The molecule has 1 aliphatic rings. The number of fused-ring (bicyclic) bond motifs is 1. The van der Waals surface area contributed by atoms with Gasteiger partial charge < -0.3 is 14.6 Å². The number of carbonyl (C=O) groups excluding carboxylic acids is 1. The average molecular weight is 443 g/mol. The standard InChI is InChI=1S/C24H23ClO4S/c1-24(2,27)13-29-19-9-6-15(11-20(19)28-3)18-10-16-12-21(30-23(16)22(18)26)14-4-7-17(25)8-5-14/h4-9,11-12,18,27H,10,13H2,1-3H3. The minimum atomic E-state index is -0.943. The summed E-state index contributed by atoms with van der Waals surface area (Å²) in [5.41, 5.74) is 2.12. The topological polar surface area (TPSA) is 55.8 Å². The molecule has 4 nitrogen and oxygen atoms in total. The normalized spacial score (nSPS) is 15.9. The van der Waals surface area contributed by atoms with Gasteiger partial charge in [-0.1, -0.05) is 29.8 Å². The van der Waals surface area contributed by atoms with Crippen molar-refractivity contribution in [2.24, 2.45) is 0 Å². The van der Waals surface area contributed by atoms with Crippen LogP contribution in [-0.4, -0.2) is 30.2 Å². The lowest BCUT2D eigenvalue weighted by molar-refractivity contribution is 0.0276. The van der Waals surface area contributed by atoms with Crippen molar-refractivity contribution in [3.63, 3.8) is 0 Å². The monoisotopic (exact) mass is 442 g/mol. The molecule has 4 rings (SSSR count). The Morgan fingerprint density at radius 1 is 1.13 bits per heavy atom. The van der Waals surface area contributed by atoms with Gasteiger partial charge in [-0.15, -0.1) is 11.3 Å². The highest BCUT2D eigenvalue weighted by Gasteiger charge is 2.34. The summed E-state index contributed by atoms with van der Waals surface area (Å²) in [7, 11) is 1.57. The van der Waals surface area contributed by atoms with Crippen molar-refractivity contribution in [1.29, 1.82) is 0 Å². The highest BCUT2D eigenvalue weighted by atomic mass is 35.5. The summed E-state index contributed by atoms with van der Waals surface area (Å²) in [6.45, 7) is 3.51. The van der Waals surface area contributed by atoms with Crippen molar-refractivity contribution in [2.75, 3.05) is 13.7 Å². The Balaban J connectivity index is 1.55. The second kappa shape index (κ2) is 8.06. The summed E-state index contributed by atoms with van der Waals surface area (Å²) in [6, 6.07) is 15.4. The molecule has 0 saturated carbocycles. The largest absolute Gasteiger partial charge is 0.493 e. The molecule has 156 valence electrons. The minimum Gasteiger partial charge on any atom is -0.493 e. The Kier molecular flexibility index (Phi) is 5.62. The molecule has 0 fully saturated rings. The molecule has 30 heavy (non-hydrogen) atoms. The first-order chi connectivity index (χ1) is 14.2. The van der Waals surface area contributed by atoms with E-state index in [0.717, 1.165) is 26.4 Å². The maximum Gasteiger partial charge on any atom is 0.180 e. The van der Waals surface area contributed by atoms with Gasteiger partial charge in [0, 0.05) is 9.90 Å². The van der Waals surface area contributed by atoms with Gasteiger partial charge in [0.2, 0.25) is 0 Å². The second-order valence-corrected chi connectivity index (χ2v) is 9.59. The van der Waals surface area contributed by atoms with Gasteiger partial charge in [0.05, 0.1) is 23.5 Å². The van der Waals surface area contributed by atoms with Gasteiger partial charge >= 0.3 is 0 Å². The number of methoxy groups -OCH3 is 1. The highest BCUT2D eigenvalue weighted by molar-refractivity contribution is 7.17. The van der Waals surface area contributed by atoms with Gasteiger partial charge in [0.1, 0.15) is 6.61 Å². The van der Waals surface area contributed by atoms with E-state index in [1.165, 1.54) is 11.3 Å². The number of Topliss-reactive ketones (excluding diaryl/α,β-unsaturated/α-hetero) is 1. The van der Waals surface area contributed by atoms with Crippen LogP contribution in [0.4, 0.5) is 0 Å². The number of ketones is 1. The summed E-state index contributed by atoms with van der Waals surface area (Å²) in [6.07, 6.45) is 0.672. The Morgan fingerprint density at radius 3 is 2.50 bits per heavy atom. The lowest BCUT2D eigenvalue weighted by Gasteiger charge is -2.20. The van der Waals surface area contributed by atoms with Gasteiger partial charge in [-0.3, -0.25) is 4.79 Å². The lowest BCUT2D eigenvalue weighted by atomic mass is 9.95. The third-order valence-corrected chi connectivity index (χ3v) is 6.57. The number of aliphatic hydroxyl groups is 1. The molecule has 1 N–H and O–H groups in total. The molecule has 0 saturated heterocycles. The van der Waals surface area contributed by atoms with E-state index in [9.17, 15) is 9.90 Å². The highest BCUT2D eigenvalue weighted by Crippen LogP contribution is 2.43. The van der Waals surface area contributed by atoms with Crippen molar-refractivity contribution in [3.8, 4) is 21.9 Å². The molecule has 3 aromatic rings. The first-order valence-electron chi connectivity index (χ1n) is 9.71. The zero-order valence-corrected chi connectivity index (χ0v) is 18.6. The molecule has 0 radical (unpaired) electrons.